The normalized spacial score (nSPS) is 10.6. The molecule has 2 heterocycles. The van der Waals surface area contributed by atoms with Crippen LogP contribution in [0.1, 0.15) is 17.5 Å². The number of pyridine rings is 1. The lowest BCUT2D eigenvalue weighted by atomic mass is 10.4. The van der Waals surface area contributed by atoms with Crippen LogP contribution in [0.2, 0.25) is 5.02 Å². The molecule has 2 rings (SSSR count). The lowest BCUT2D eigenvalue weighted by Crippen LogP contribution is -1.99. The highest BCUT2D eigenvalue weighted by molar-refractivity contribution is 6.30. The molecular formula is C8H6ClN3O. The highest BCUT2D eigenvalue weighted by Crippen LogP contribution is 2.11. The Hall–Kier alpha value is -1.42. The van der Waals surface area contributed by atoms with Crippen molar-refractivity contribution in [3.63, 3.8) is 0 Å². The summed E-state index contributed by atoms with van der Waals surface area (Å²) in [5.74, 6) is 0.210. The van der Waals surface area contributed by atoms with E-state index >= 15 is 0 Å². The number of halogens is 1. The van der Waals surface area contributed by atoms with Crippen LogP contribution in [0.4, 0.5) is 0 Å². The molecule has 66 valence electrons. The molecule has 0 aliphatic rings. The monoisotopic (exact) mass is 195 g/mol. The lowest BCUT2D eigenvalue weighted by Gasteiger charge is -1.94. The summed E-state index contributed by atoms with van der Waals surface area (Å²) in [7, 11) is 0. The lowest BCUT2D eigenvalue weighted by molar-refractivity contribution is 0.100. The Labute approximate surface area is 79.2 Å². The maximum absolute atomic E-state index is 11.0. The maximum atomic E-state index is 11.0. The van der Waals surface area contributed by atoms with E-state index in [9.17, 15) is 4.79 Å². The highest BCUT2D eigenvalue weighted by atomic mass is 35.5. The van der Waals surface area contributed by atoms with E-state index in [4.69, 9.17) is 11.6 Å². The Morgan fingerprint density at radius 2 is 2.31 bits per heavy atom. The zero-order valence-corrected chi connectivity index (χ0v) is 7.62. The van der Waals surface area contributed by atoms with Gasteiger partial charge in [-0.3, -0.25) is 9.20 Å². The van der Waals surface area contributed by atoms with Crippen LogP contribution in [-0.4, -0.2) is 20.4 Å². The average molecular weight is 196 g/mol. The van der Waals surface area contributed by atoms with Gasteiger partial charge in [-0.25, -0.2) is 0 Å². The Bertz CT molecular complexity index is 477. The summed E-state index contributed by atoms with van der Waals surface area (Å²) in [5, 5.41) is 8.13. The molecule has 0 spiro atoms. The van der Waals surface area contributed by atoms with Gasteiger partial charge in [0.25, 0.3) is 0 Å². The van der Waals surface area contributed by atoms with Crippen molar-refractivity contribution in [2.24, 2.45) is 0 Å². The molecule has 0 aliphatic carbocycles. The summed E-state index contributed by atoms with van der Waals surface area (Å²) in [5.41, 5.74) is 0.581. The fraction of sp³-hybridized carbons (Fsp3) is 0.125. The van der Waals surface area contributed by atoms with Crippen molar-refractivity contribution in [2.45, 2.75) is 6.92 Å². The second-order valence-corrected chi connectivity index (χ2v) is 3.09. The van der Waals surface area contributed by atoms with Crippen LogP contribution >= 0.6 is 11.6 Å². The van der Waals surface area contributed by atoms with Gasteiger partial charge in [-0.2, -0.15) is 0 Å². The number of hydrogen-bond donors (Lipinski definition) is 0. The first-order chi connectivity index (χ1) is 6.18. The Kier molecular flexibility index (Phi) is 1.77. The summed E-state index contributed by atoms with van der Waals surface area (Å²) in [4.78, 5) is 11.0. The first-order valence-corrected chi connectivity index (χ1v) is 4.07. The summed E-state index contributed by atoms with van der Waals surface area (Å²) in [6.07, 6.45) is 1.68. The number of hydrogen-bond acceptors (Lipinski definition) is 3. The average Bonchev–Trinajstić information content (AvgIpc) is 2.46. The minimum atomic E-state index is -0.116. The molecule has 0 aliphatic heterocycles. The van der Waals surface area contributed by atoms with E-state index in [1.165, 1.54) is 6.92 Å². The zero-order chi connectivity index (χ0) is 9.42. The van der Waals surface area contributed by atoms with Gasteiger partial charge in [0.05, 0.1) is 0 Å². The minimum absolute atomic E-state index is 0.116. The van der Waals surface area contributed by atoms with Crippen LogP contribution < -0.4 is 0 Å². The SMILES string of the molecule is CC(=O)c1nnc2cc(Cl)ccn12. The van der Waals surface area contributed by atoms with Crippen molar-refractivity contribution in [1.29, 1.82) is 0 Å². The number of ketones is 1. The van der Waals surface area contributed by atoms with Crippen molar-refractivity contribution in [2.75, 3.05) is 0 Å². The fourth-order valence-electron chi connectivity index (χ4n) is 1.11. The van der Waals surface area contributed by atoms with Crippen molar-refractivity contribution in [3.05, 3.63) is 29.2 Å². The van der Waals surface area contributed by atoms with Gasteiger partial charge in [-0.15, -0.1) is 10.2 Å². The Morgan fingerprint density at radius 1 is 1.54 bits per heavy atom. The fourth-order valence-corrected chi connectivity index (χ4v) is 1.26. The molecule has 0 N–H and O–H groups in total. The summed E-state index contributed by atoms with van der Waals surface area (Å²) >= 11 is 5.74. The molecule has 2 aromatic rings. The van der Waals surface area contributed by atoms with Crippen LogP contribution in [0, 0.1) is 0 Å². The smallest absolute Gasteiger partial charge is 0.204 e. The number of aromatic nitrogens is 3. The van der Waals surface area contributed by atoms with Crippen LogP contribution in [-0.2, 0) is 0 Å². The molecule has 0 atom stereocenters. The van der Waals surface area contributed by atoms with E-state index in [-0.39, 0.29) is 5.78 Å². The second-order valence-electron chi connectivity index (χ2n) is 2.65. The van der Waals surface area contributed by atoms with E-state index in [2.05, 4.69) is 10.2 Å². The summed E-state index contributed by atoms with van der Waals surface area (Å²) in [6.45, 7) is 1.45. The number of fused-ring (bicyclic) bond motifs is 1. The third-order valence-electron chi connectivity index (χ3n) is 1.69. The van der Waals surface area contributed by atoms with Crippen LogP contribution in [0.25, 0.3) is 5.65 Å². The molecule has 0 radical (unpaired) electrons. The summed E-state index contributed by atoms with van der Waals surface area (Å²) in [6, 6.07) is 3.34. The molecule has 0 saturated heterocycles. The summed E-state index contributed by atoms with van der Waals surface area (Å²) < 4.78 is 1.61. The Balaban J connectivity index is 2.76. The highest BCUT2D eigenvalue weighted by Gasteiger charge is 2.08. The van der Waals surface area contributed by atoms with Crippen LogP contribution in [0.3, 0.4) is 0 Å². The van der Waals surface area contributed by atoms with Gasteiger partial charge in [-0.05, 0) is 6.07 Å². The standard InChI is InChI=1S/C8H6ClN3O/c1-5(13)8-11-10-7-4-6(9)2-3-12(7)8/h2-4H,1H3. The quantitative estimate of drug-likeness (QED) is 0.650. The third-order valence-corrected chi connectivity index (χ3v) is 1.92. The molecule has 0 bridgehead atoms. The van der Waals surface area contributed by atoms with Gasteiger partial charge < -0.3 is 0 Å². The predicted molar refractivity (Wildman–Crippen MR) is 48.0 cm³/mol. The molecule has 0 fully saturated rings. The van der Waals surface area contributed by atoms with Crippen LogP contribution in [0.15, 0.2) is 18.3 Å². The topological polar surface area (TPSA) is 47.3 Å². The van der Waals surface area contributed by atoms with Crippen molar-refractivity contribution >= 4 is 23.0 Å². The third kappa shape index (κ3) is 1.29. The van der Waals surface area contributed by atoms with E-state index in [0.29, 0.717) is 16.5 Å². The van der Waals surface area contributed by atoms with E-state index < -0.39 is 0 Å². The van der Waals surface area contributed by atoms with Gasteiger partial charge in [0.2, 0.25) is 5.82 Å². The van der Waals surface area contributed by atoms with Gasteiger partial charge in [0.15, 0.2) is 11.4 Å². The number of rotatable bonds is 1. The molecule has 0 amide bonds. The molecule has 5 heteroatoms. The second kappa shape index (κ2) is 2.81. The minimum Gasteiger partial charge on any atom is -0.291 e. The van der Waals surface area contributed by atoms with Gasteiger partial charge in [-0.1, -0.05) is 11.6 Å². The zero-order valence-electron chi connectivity index (χ0n) is 6.86. The number of Topliss-reactive ketones (excluding diaryl/α,β-unsaturated/α-hetero) is 1. The first-order valence-electron chi connectivity index (χ1n) is 3.70. The molecule has 2 aromatic heterocycles. The first kappa shape index (κ1) is 8.19. The molecule has 0 aromatic carbocycles. The maximum Gasteiger partial charge on any atom is 0.204 e. The largest absolute Gasteiger partial charge is 0.291 e. The van der Waals surface area contributed by atoms with E-state index in [0.717, 1.165) is 0 Å². The Morgan fingerprint density at radius 3 is 3.00 bits per heavy atom. The van der Waals surface area contributed by atoms with Crippen molar-refractivity contribution in [3.8, 4) is 0 Å². The number of nitrogens with zero attached hydrogens (tertiary/aromatic N) is 3. The molecular weight excluding hydrogens is 190 g/mol. The van der Waals surface area contributed by atoms with E-state index in [1.807, 2.05) is 0 Å². The molecule has 0 unspecified atom stereocenters. The van der Waals surface area contributed by atoms with Gasteiger partial charge in [0, 0.05) is 24.2 Å². The number of carbonyl (C=O) groups excluding carboxylic acids is 1. The van der Waals surface area contributed by atoms with E-state index in [1.54, 1.807) is 22.7 Å². The molecule has 0 saturated carbocycles. The van der Waals surface area contributed by atoms with Crippen LogP contribution in [0.5, 0.6) is 0 Å². The van der Waals surface area contributed by atoms with Gasteiger partial charge >= 0.3 is 0 Å². The van der Waals surface area contributed by atoms with Crippen molar-refractivity contribution < 1.29 is 4.79 Å². The molecule has 13 heavy (non-hydrogen) atoms. The van der Waals surface area contributed by atoms with Crippen molar-refractivity contribution in [1.82, 2.24) is 14.6 Å². The van der Waals surface area contributed by atoms with Gasteiger partial charge in [0.1, 0.15) is 0 Å². The predicted octanol–water partition coefficient (Wildman–Crippen LogP) is 1.59. The molecule has 4 nitrogen and oxygen atoms in total. The number of carbonyl (C=O) groups is 1.